The molecule has 0 aliphatic carbocycles. The van der Waals surface area contributed by atoms with Crippen molar-refractivity contribution in [2.45, 2.75) is 18.9 Å². The summed E-state index contributed by atoms with van der Waals surface area (Å²) in [5.74, 6) is -2.48. The van der Waals surface area contributed by atoms with Crippen LogP contribution in [0.4, 0.5) is 10.1 Å². The topological polar surface area (TPSA) is 104 Å². The number of Topliss-reactive ketones (excluding diaryl/α,β-unsaturated/α-hetero) is 1. The van der Waals surface area contributed by atoms with E-state index in [-0.39, 0.29) is 23.4 Å². The predicted molar refractivity (Wildman–Crippen MR) is 114 cm³/mol. The zero-order valence-electron chi connectivity index (χ0n) is 17.2. The number of benzene rings is 2. The lowest BCUT2D eigenvalue weighted by Gasteiger charge is -2.27. The van der Waals surface area contributed by atoms with Crippen LogP contribution in [0.25, 0.3) is 5.76 Å². The second-order valence-corrected chi connectivity index (χ2v) is 7.90. The number of carbonyl (C=O) groups excluding carboxylic acids is 2. The molecule has 2 saturated heterocycles. The number of halogens is 1. The van der Waals surface area contributed by atoms with Gasteiger partial charge in [-0.25, -0.2) is 4.39 Å². The number of non-ortho nitro benzene ring substituents is 1. The summed E-state index contributed by atoms with van der Waals surface area (Å²) < 4.78 is 13.3. The molecule has 0 radical (unpaired) electrons. The van der Waals surface area contributed by atoms with Gasteiger partial charge in [0.2, 0.25) is 0 Å². The molecule has 0 saturated carbocycles. The molecule has 9 heteroatoms. The van der Waals surface area contributed by atoms with Gasteiger partial charge in [-0.05, 0) is 67.9 Å². The maximum absolute atomic E-state index is 13.3. The third-order valence-electron chi connectivity index (χ3n) is 5.93. The van der Waals surface area contributed by atoms with Crippen molar-refractivity contribution in [3.8, 4) is 0 Å². The Balaban J connectivity index is 1.76. The fourth-order valence-electron chi connectivity index (χ4n) is 4.25. The molecule has 1 N–H and O–H groups in total. The quantitative estimate of drug-likeness (QED) is 0.244. The largest absolute Gasteiger partial charge is 0.507 e. The van der Waals surface area contributed by atoms with Gasteiger partial charge in [0.15, 0.2) is 0 Å². The Morgan fingerprint density at radius 3 is 2.25 bits per heavy atom. The fraction of sp³-hybridized carbons (Fsp3) is 0.304. The van der Waals surface area contributed by atoms with Crippen LogP contribution in [0.3, 0.4) is 0 Å². The lowest BCUT2D eigenvalue weighted by atomic mass is 9.95. The van der Waals surface area contributed by atoms with Crippen LogP contribution >= 0.6 is 0 Å². The summed E-state index contributed by atoms with van der Waals surface area (Å²) in [6.07, 6.45) is 2.16. The van der Waals surface area contributed by atoms with Gasteiger partial charge in [-0.15, -0.1) is 0 Å². The summed E-state index contributed by atoms with van der Waals surface area (Å²) in [5.41, 5.74) is 0.439. The van der Waals surface area contributed by atoms with Crippen molar-refractivity contribution in [1.29, 1.82) is 0 Å². The SMILES string of the molecule is O=C1C(=O)N(CCN2CCCC2)C(c2ccc([N+](=O)[O-])cc2)/C1=C(\O)c1ccc(F)cc1. The molecule has 32 heavy (non-hydrogen) atoms. The smallest absolute Gasteiger partial charge is 0.295 e. The van der Waals surface area contributed by atoms with E-state index in [0.717, 1.165) is 38.1 Å². The molecule has 0 bridgehead atoms. The molecule has 1 atom stereocenters. The molecule has 4 rings (SSSR count). The first-order valence-electron chi connectivity index (χ1n) is 10.4. The van der Waals surface area contributed by atoms with E-state index in [1.807, 2.05) is 0 Å². The third kappa shape index (κ3) is 4.11. The van der Waals surface area contributed by atoms with Gasteiger partial charge < -0.3 is 14.9 Å². The van der Waals surface area contributed by atoms with Crippen molar-refractivity contribution < 1.29 is 24.0 Å². The normalized spacial score (nSPS) is 20.8. The van der Waals surface area contributed by atoms with Crippen LogP contribution in [-0.4, -0.2) is 57.7 Å². The molecule has 2 aromatic rings. The van der Waals surface area contributed by atoms with E-state index in [9.17, 15) is 29.2 Å². The minimum Gasteiger partial charge on any atom is -0.507 e. The molecule has 2 fully saturated rings. The minimum absolute atomic E-state index is 0.114. The molecule has 0 aromatic heterocycles. The molecule has 1 unspecified atom stereocenters. The summed E-state index contributed by atoms with van der Waals surface area (Å²) in [6, 6.07) is 9.62. The number of nitro benzene ring substituents is 1. The molecule has 166 valence electrons. The van der Waals surface area contributed by atoms with Gasteiger partial charge in [0.25, 0.3) is 17.4 Å². The summed E-state index contributed by atoms with van der Waals surface area (Å²) >= 11 is 0. The van der Waals surface area contributed by atoms with E-state index >= 15 is 0 Å². The van der Waals surface area contributed by atoms with Crippen molar-refractivity contribution >= 4 is 23.1 Å². The van der Waals surface area contributed by atoms with Gasteiger partial charge in [-0.3, -0.25) is 19.7 Å². The maximum Gasteiger partial charge on any atom is 0.295 e. The Labute approximate surface area is 183 Å². The van der Waals surface area contributed by atoms with Gasteiger partial charge in [-0.2, -0.15) is 0 Å². The Morgan fingerprint density at radius 2 is 1.66 bits per heavy atom. The highest BCUT2D eigenvalue weighted by Gasteiger charge is 2.46. The molecule has 2 aliphatic heterocycles. The first-order chi connectivity index (χ1) is 15.4. The van der Waals surface area contributed by atoms with Crippen molar-refractivity contribution in [2.75, 3.05) is 26.2 Å². The van der Waals surface area contributed by atoms with Gasteiger partial charge in [-0.1, -0.05) is 0 Å². The van der Waals surface area contributed by atoms with Crippen molar-refractivity contribution in [1.82, 2.24) is 9.80 Å². The highest BCUT2D eigenvalue weighted by atomic mass is 19.1. The van der Waals surface area contributed by atoms with Gasteiger partial charge in [0.05, 0.1) is 16.5 Å². The van der Waals surface area contributed by atoms with Crippen LogP contribution in [0, 0.1) is 15.9 Å². The Bertz CT molecular complexity index is 1080. The second-order valence-electron chi connectivity index (χ2n) is 7.90. The third-order valence-corrected chi connectivity index (χ3v) is 5.93. The summed E-state index contributed by atoms with van der Waals surface area (Å²) in [7, 11) is 0. The maximum atomic E-state index is 13.3. The van der Waals surface area contributed by atoms with E-state index in [2.05, 4.69) is 4.90 Å². The van der Waals surface area contributed by atoms with Gasteiger partial charge >= 0.3 is 0 Å². The number of carbonyl (C=O) groups is 2. The van der Waals surface area contributed by atoms with Crippen molar-refractivity contribution in [2.24, 2.45) is 0 Å². The molecule has 2 aromatic carbocycles. The molecular formula is C23H22FN3O5. The number of aliphatic hydroxyl groups excluding tert-OH is 1. The van der Waals surface area contributed by atoms with E-state index in [1.54, 1.807) is 0 Å². The predicted octanol–water partition coefficient (Wildman–Crippen LogP) is 3.25. The number of hydrogen-bond acceptors (Lipinski definition) is 6. The lowest BCUT2D eigenvalue weighted by molar-refractivity contribution is -0.384. The number of rotatable bonds is 6. The first-order valence-corrected chi connectivity index (χ1v) is 10.4. The van der Waals surface area contributed by atoms with Gasteiger partial charge in [0, 0.05) is 30.8 Å². The average molecular weight is 439 g/mol. The molecule has 8 nitrogen and oxygen atoms in total. The molecular weight excluding hydrogens is 417 g/mol. The standard InChI is InChI=1S/C23H22FN3O5/c24-17-7-3-16(4-8-17)21(28)19-20(15-5-9-18(10-6-15)27(31)32)26(23(30)22(19)29)14-13-25-11-1-2-12-25/h3-10,20,28H,1-2,11-14H2/b21-19+. The number of ketones is 1. The Hall–Kier alpha value is -3.59. The van der Waals surface area contributed by atoms with E-state index in [4.69, 9.17) is 0 Å². The number of aliphatic hydroxyl groups is 1. The first kappa shape index (κ1) is 21.6. The number of amides is 1. The van der Waals surface area contributed by atoms with E-state index in [0.29, 0.717) is 12.1 Å². The number of nitrogens with zero attached hydrogens (tertiary/aromatic N) is 3. The fourth-order valence-corrected chi connectivity index (χ4v) is 4.25. The Kier molecular flexibility index (Phi) is 6.00. The minimum atomic E-state index is -0.900. The van der Waals surface area contributed by atoms with Crippen LogP contribution < -0.4 is 0 Å². The van der Waals surface area contributed by atoms with Crippen LogP contribution in [0.15, 0.2) is 54.1 Å². The molecule has 0 spiro atoms. The monoisotopic (exact) mass is 439 g/mol. The number of hydrogen-bond donors (Lipinski definition) is 1. The van der Waals surface area contributed by atoms with Gasteiger partial charge in [0.1, 0.15) is 11.6 Å². The summed E-state index contributed by atoms with van der Waals surface area (Å²) in [6.45, 7) is 2.68. The zero-order valence-corrected chi connectivity index (χ0v) is 17.2. The van der Waals surface area contributed by atoms with Crippen molar-refractivity contribution in [3.05, 3.63) is 81.2 Å². The average Bonchev–Trinajstić information content (AvgIpc) is 3.39. The second kappa shape index (κ2) is 8.88. The van der Waals surface area contributed by atoms with Crippen molar-refractivity contribution in [3.63, 3.8) is 0 Å². The molecule has 2 aliphatic rings. The molecule has 1 amide bonds. The highest BCUT2D eigenvalue weighted by molar-refractivity contribution is 6.46. The van der Waals surface area contributed by atoms with Crippen LogP contribution in [0.5, 0.6) is 0 Å². The zero-order chi connectivity index (χ0) is 22.8. The highest BCUT2D eigenvalue weighted by Crippen LogP contribution is 2.39. The Morgan fingerprint density at radius 1 is 1.03 bits per heavy atom. The van der Waals surface area contributed by atoms with Crippen LogP contribution in [0.1, 0.15) is 30.0 Å². The molecule has 2 heterocycles. The van der Waals surface area contributed by atoms with Crippen LogP contribution in [-0.2, 0) is 9.59 Å². The lowest BCUT2D eigenvalue weighted by Crippen LogP contribution is -2.37. The number of nitro groups is 1. The van der Waals surface area contributed by atoms with Crippen LogP contribution in [0.2, 0.25) is 0 Å². The van der Waals surface area contributed by atoms with E-state index < -0.39 is 34.2 Å². The number of likely N-dealkylation sites (tertiary alicyclic amines) is 2. The van der Waals surface area contributed by atoms with E-state index in [1.165, 1.54) is 41.3 Å². The summed E-state index contributed by atoms with van der Waals surface area (Å²) in [5, 5.41) is 21.9. The summed E-state index contributed by atoms with van der Waals surface area (Å²) in [4.78, 5) is 40.0.